The third-order valence-corrected chi connectivity index (χ3v) is 16.4. The summed E-state index contributed by atoms with van der Waals surface area (Å²) in [5.41, 5.74) is 28.2. The van der Waals surface area contributed by atoms with Crippen LogP contribution in [0, 0.1) is 0 Å². The molecule has 0 amide bonds. The first-order valence-corrected chi connectivity index (χ1v) is 25.7. The molecule has 2 nitrogen and oxygen atoms in total. The molecule has 348 valence electrons. The van der Waals surface area contributed by atoms with E-state index in [1.807, 2.05) is 0 Å². The van der Waals surface area contributed by atoms with Gasteiger partial charge in [0.25, 0.3) is 6.71 Å². The first-order chi connectivity index (χ1) is 33.1. The van der Waals surface area contributed by atoms with E-state index in [9.17, 15) is 0 Å². The molecule has 3 heteroatoms. The number of hydrogen-bond acceptors (Lipinski definition) is 2. The van der Waals surface area contributed by atoms with E-state index < -0.39 is 0 Å². The number of nitrogens with zero attached hydrogens (tertiary/aromatic N) is 2. The molecule has 0 saturated heterocycles. The van der Waals surface area contributed by atoms with Crippen LogP contribution in [0.5, 0.6) is 0 Å². The van der Waals surface area contributed by atoms with Crippen LogP contribution in [0.4, 0.5) is 34.1 Å². The molecule has 4 aliphatic rings. The van der Waals surface area contributed by atoms with Crippen LogP contribution in [0.25, 0.3) is 44.5 Å². The Morgan fingerprint density at radius 3 is 1.56 bits per heavy atom. The number of rotatable bonds is 2. The maximum atomic E-state index is 2.71. The van der Waals surface area contributed by atoms with E-state index in [2.05, 4.69) is 258 Å². The van der Waals surface area contributed by atoms with E-state index in [4.69, 9.17) is 0 Å². The van der Waals surface area contributed by atoms with Crippen molar-refractivity contribution >= 4 is 57.2 Å². The Hall–Kier alpha value is -6.58. The molecule has 0 unspecified atom stereocenters. The average molecular weight is 911 g/mol. The van der Waals surface area contributed by atoms with E-state index in [-0.39, 0.29) is 33.8 Å². The van der Waals surface area contributed by atoms with Gasteiger partial charge in [-0.3, -0.25) is 0 Å². The van der Waals surface area contributed by atoms with E-state index in [0.29, 0.717) is 0 Å². The Kier molecular flexibility index (Phi) is 9.54. The van der Waals surface area contributed by atoms with Crippen molar-refractivity contribution in [2.75, 3.05) is 9.80 Å². The van der Waals surface area contributed by atoms with E-state index >= 15 is 0 Å². The molecule has 0 radical (unpaired) electrons. The molecule has 8 aromatic rings. The van der Waals surface area contributed by atoms with Gasteiger partial charge in [0, 0.05) is 34.0 Å². The topological polar surface area (TPSA) is 6.48 Å². The highest BCUT2D eigenvalue weighted by Crippen LogP contribution is 2.55. The van der Waals surface area contributed by atoms with Gasteiger partial charge in [0.05, 0.1) is 5.69 Å². The van der Waals surface area contributed by atoms with Crippen LogP contribution in [0.1, 0.15) is 124 Å². The Labute approximate surface area is 418 Å². The van der Waals surface area contributed by atoms with Crippen molar-refractivity contribution in [2.45, 2.75) is 124 Å². The second-order valence-corrected chi connectivity index (χ2v) is 25.4. The smallest absolute Gasteiger partial charge is 0.252 e. The zero-order valence-electron chi connectivity index (χ0n) is 43.7. The number of benzene rings is 8. The van der Waals surface area contributed by atoms with Crippen LogP contribution in [-0.2, 0) is 27.1 Å². The van der Waals surface area contributed by atoms with Crippen molar-refractivity contribution in [3.05, 3.63) is 186 Å². The van der Waals surface area contributed by atoms with Crippen molar-refractivity contribution in [3.63, 3.8) is 0 Å². The molecule has 0 atom stereocenters. The zero-order chi connectivity index (χ0) is 49.0. The molecule has 0 spiro atoms. The van der Waals surface area contributed by atoms with E-state index in [0.717, 1.165) is 6.42 Å². The van der Waals surface area contributed by atoms with E-state index in [1.54, 1.807) is 0 Å². The third kappa shape index (κ3) is 6.89. The summed E-state index contributed by atoms with van der Waals surface area (Å²) in [6.07, 6.45) is 1.10. The minimum atomic E-state index is -0.0637. The lowest BCUT2D eigenvalue weighted by Crippen LogP contribution is -2.61. The summed E-state index contributed by atoms with van der Waals surface area (Å²) in [4.78, 5) is 5.35. The van der Waals surface area contributed by atoms with Gasteiger partial charge in [-0.25, -0.2) is 0 Å². The van der Waals surface area contributed by atoms with Crippen LogP contribution in [0.2, 0.25) is 0 Å². The van der Waals surface area contributed by atoms with Gasteiger partial charge in [0.1, 0.15) is 0 Å². The molecule has 1 aliphatic carbocycles. The summed E-state index contributed by atoms with van der Waals surface area (Å²) in [7, 11) is 0. The quantitative estimate of drug-likeness (QED) is 0.160. The average Bonchev–Trinajstić information content (AvgIpc) is 3.50. The van der Waals surface area contributed by atoms with Gasteiger partial charge in [0.2, 0.25) is 0 Å². The summed E-state index contributed by atoms with van der Waals surface area (Å²) in [6.45, 7) is 31.0. The van der Waals surface area contributed by atoms with Gasteiger partial charge < -0.3 is 9.80 Å². The molecular weight excluding hydrogens is 844 g/mol. The second-order valence-electron chi connectivity index (χ2n) is 25.4. The Morgan fingerprint density at radius 2 is 0.900 bits per heavy atom. The summed E-state index contributed by atoms with van der Waals surface area (Å²) in [5, 5.41) is 0. The lowest BCUT2D eigenvalue weighted by atomic mass is 9.33. The molecule has 8 aromatic carbocycles. The van der Waals surface area contributed by atoms with Gasteiger partial charge in [0.15, 0.2) is 0 Å². The summed E-state index contributed by atoms with van der Waals surface area (Å²) < 4.78 is 0. The largest absolute Gasteiger partial charge is 0.311 e. The Balaban J connectivity index is 1.28. The fourth-order valence-corrected chi connectivity index (χ4v) is 12.9. The molecule has 70 heavy (non-hydrogen) atoms. The molecule has 0 N–H and O–H groups in total. The van der Waals surface area contributed by atoms with Gasteiger partial charge >= 0.3 is 0 Å². The monoisotopic (exact) mass is 911 g/mol. The van der Waals surface area contributed by atoms with Gasteiger partial charge in [-0.15, -0.1) is 0 Å². The minimum absolute atomic E-state index is 0.00424. The molecule has 0 fully saturated rings. The molecular formula is C67H67BN2. The van der Waals surface area contributed by atoms with Crippen molar-refractivity contribution in [3.8, 4) is 44.5 Å². The number of anilines is 6. The number of fused-ring (bicyclic) bond motifs is 15. The Morgan fingerprint density at radius 1 is 0.371 bits per heavy atom. The minimum Gasteiger partial charge on any atom is -0.311 e. The van der Waals surface area contributed by atoms with Crippen molar-refractivity contribution in [2.24, 2.45) is 0 Å². The van der Waals surface area contributed by atoms with Crippen LogP contribution in [-0.4, -0.2) is 6.71 Å². The van der Waals surface area contributed by atoms with Gasteiger partial charge in [-0.2, -0.15) is 0 Å². The normalized spacial score (nSPS) is 15.9. The fraction of sp³-hybridized carbons (Fsp3) is 0.284. The Bertz CT molecular complexity index is 3480. The summed E-state index contributed by atoms with van der Waals surface area (Å²) >= 11 is 0. The first kappa shape index (κ1) is 44.6. The highest BCUT2D eigenvalue weighted by Gasteiger charge is 2.49. The molecule has 0 saturated carbocycles. The lowest BCUT2D eigenvalue weighted by Gasteiger charge is -2.46. The molecule has 0 aromatic heterocycles. The van der Waals surface area contributed by atoms with Crippen molar-refractivity contribution in [1.82, 2.24) is 0 Å². The highest BCUT2D eigenvalue weighted by molar-refractivity contribution is 7.00. The standard InChI is InChI=1S/C67H67BN2/c1-63(2,3)46-22-19-23-49(35-46)69-58-37-48(65(7,8)9)26-28-55(58)68-56-38-53-54(67(12,13)40-66(53,10)11)39-59(56)70-57-29-27-47(64(4,5)6)36-52(57)44-31-42(41-20-15-14-16-21-41)30-43(32-44)50-24-17-18-25-51(50)45-33-60(69)62(68)61(70)34-45/h14-39H,40H2,1-13H3. The maximum Gasteiger partial charge on any atom is 0.252 e. The highest BCUT2D eigenvalue weighted by atomic mass is 15.2. The second kappa shape index (κ2) is 15.0. The predicted octanol–water partition coefficient (Wildman–Crippen LogP) is 16.6. The molecule has 4 bridgehead atoms. The van der Waals surface area contributed by atoms with Crippen LogP contribution in [0.3, 0.4) is 0 Å². The predicted molar refractivity (Wildman–Crippen MR) is 303 cm³/mol. The SMILES string of the molecule is CC(C)(C)c1cccc(N2c3cc(C(C)(C)C)ccc3B3c4cc5c(cc4N4c6ccc(C(C)(C)C)cc6-c6cc(-c7ccccc7)cc(c6)-c6ccccc6-c6cc2c3c4c6)C(C)(C)CC5(C)C)c1. The maximum absolute atomic E-state index is 2.71. The van der Waals surface area contributed by atoms with Crippen LogP contribution in [0.15, 0.2) is 158 Å². The lowest BCUT2D eigenvalue weighted by molar-refractivity contribution is 0.403. The van der Waals surface area contributed by atoms with Gasteiger partial charge in [-0.1, -0.05) is 181 Å². The molecule has 3 aliphatic heterocycles. The summed E-state index contributed by atoms with van der Waals surface area (Å²) in [5.74, 6) is 0. The van der Waals surface area contributed by atoms with Crippen LogP contribution >= 0.6 is 0 Å². The molecule has 3 heterocycles. The van der Waals surface area contributed by atoms with Gasteiger partial charge in [-0.05, 0) is 183 Å². The van der Waals surface area contributed by atoms with Crippen molar-refractivity contribution in [1.29, 1.82) is 0 Å². The van der Waals surface area contributed by atoms with Crippen molar-refractivity contribution < 1.29 is 0 Å². The zero-order valence-corrected chi connectivity index (χ0v) is 43.7. The third-order valence-electron chi connectivity index (χ3n) is 16.4. The van der Waals surface area contributed by atoms with E-state index in [1.165, 1.54) is 123 Å². The molecule has 12 rings (SSSR count). The van der Waals surface area contributed by atoms with Crippen LogP contribution < -0.4 is 26.2 Å². The number of hydrogen-bond donors (Lipinski definition) is 0. The first-order valence-electron chi connectivity index (χ1n) is 25.7. The summed E-state index contributed by atoms with van der Waals surface area (Å²) in [6, 6.07) is 62.1. The fourth-order valence-electron chi connectivity index (χ4n) is 12.9.